The van der Waals surface area contributed by atoms with E-state index >= 15 is 0 Å². The summed E-state index contributed by atoms with van der Waals surface area (Å²) in [5.41, 5.74) is 0.367. The summed E-state index contributed by atoms with van der Waals surface area (Å²) >= 11 is 0. The summed E-state index contributed by atoms with van der Waals surface area (Å²) in [5.74, 6) is 0.106. The number of ether oxygens (including phenoxy) is 1. The molecule has 9 nitrogen and oxygen atoms in total. The first kappa shape index (κ1) is 25.0. The number of piperidine rings is 1. The number of halogens is 1. The van der Waals surface area contributed by atoms with Crippen LogP contribution in [-0.4, -0.2) is 69.5 Å². The van der Waals surface area contributed by atoms with Crippen LogP contribution in [0.25, 0.3) is 0 Å². The van der Waals surface area contributed by atoms with Gasteiger partial charge in [-0.05, 0) is 42.3 Å². The summed E-state index contributed by atoms with van der Waals surface area (Å²) < 4.78 is 8.37. The molecule has 1 aromatic heterocycles. The highest BCUT2D eigenvalue weighted by Crippen LogP contribution is 2.34. The molecule has 0 spiro atoms. The van der Waals surface area contributed by atoms with Crippen molar-refractivity contribution in [3.63, 3.8) is 0 Å². The lowest BCUT2D eigenvalue weighted by Crippen LogP contribution is -3.00. The van der Waals surface area contributed by atoms with Crippen molar-refractivity contribution in [1.29, 1.82) is 0 Å². The summed E-state index contributed by atoms with van der Waals surface area (Å²) in [4.78, 5) is 29.4. The summed E-state index contributed by atoms with van der Waals surface area (Å²) in [6.45, 7) is 7.64. The van der Waals surface area contributed by atoms with Gasteiger partial charge in [-0.25, -0.2) is 4.79 Å². The van der Waals surface area contributed by atoms with Crippen LogP contribution in [0.2, 0.25) is 0 Å². The predicted molar refractivity (Wildman–Crippen MR) is 114 cm³/mol. The number of nitrogens with zero attached hydrogens (tertiary/aromatic N) is 6. The molecule has 0 N–H and O–H groups in total. The van der Waals surface area contributed by atoms with Crippen molar-refractivity contribution in [2.45, 2.75) is 51.7 Å². The Labute approximate surface area is 189 Å². The van der Waals surface area contributed by atoms with Crippen molar-refractivity contribution in [1.82, 2.24) is 24.7 Å². The highest BCUT2D eigenvalue weighted by Gasteiger charge is 2.42. The van der Waals surface area contributed by atoms with Gasteiger partial charge in [-0.3, -0.25) is 4.79 Å². The van der Waals surface area contributed by atoms with Crippen LogP contribution in [0.4, 0.5) is 5.69 Å². The van der Waals surface area contributed by atoms with Crippen molar-refractivity contribution in [3.8, 4) is 0 Å². The summed E-state index contributed by atoms with van der Waals surface area (Å²) in [5, 5.41) is 7.82. The van der Waals surface area contributed by atoms with Gasteiger partial charge < -0.3 is 26.9 Å². The highest BCUT2D eigenvalue weighted by atomic mass is 35.5. The minimum atomic E-state index is -0.373. The number of aromatic nitrogens is 4. The fraction of sp³-hybridized carbons (Fsp3) is 0.619. The van der Waals surface area contributed by atoms with Gasteiger partial charge in [0.05, 0.1) is 18.7 Å². The smallest absolute Gasteiger partial charge is 0.363 e. The molecule has 0 radical (unpaired) electrons. The largest absolute Gasteiger partial charge is 1.00 e. The van der Waals surface area contributed by atoms with Gasteiger partial charge in [0.2, 0.25) is 5.91 Å². The molecule has 0 saturated carbocycles. The fourth-order valence-electron chi connectivity index (χ4n) is 4.19. The molecule has 1 aliphatic heterocycles. The van der Waals surface area contributed by atoms with Crippen LogP contribution in [0.5, 0.6) is 0 Å². The standard InChI is InChI=1S/C21H32N6O3.ClH/c1-4-19(28)27(18-9-7-6-8-10-18)21(17-30-3)11-13-24(14-12-21)15-16-26-20(29)25(5-2)22-23-26;/h6-10H,4-5,11-17H2,1-3H3;1H/p-1. The molecule has 2 aromatic rings. The molecule has 31 heavy (non-hydrogen) atoms. The maximum atomic E-state index is 13.0. The molecule has 1 fully saturated rings. The third-order valence-corrected chi connectivity index (χ3v) is 5.87. The second kappa shape index (κ2) is 11.4. The maximum Gasteiger partial charge on any atom is 0.363 e. The average Bonchev–Trinajstić information content (AvgIpc) is 3.13. The number of carbonyl (C=O) groups is 1. The minimum absolute atomic E-state index is 0. The first-order valence-corrected chi connectivity index (χ1v) is 10.6. The molecule has 1 amide bonds. The van der Waals surface area contributed by atoms with Crippen LogP contribution >= 0.6 is 0 Å². The number of anilines is 1. The number of hydrogen-bond acceptors (Lipinski definition) is 6. The number of hydrogen-bond donors (Lipinski definition) is 0. The number of para-hydroxylation sites is 1. The normalized spacial score (nSPS) is 16.0. The Hall–Kier alpha value is -2.23. The van der Waals surface area contributed by atoms with Crippen LogP contribution in [-0.2, 0) is 22.6 Å². The average molecular weight is 452 g/mol. The Morgan fingerprint density at radius 2 is 1.74 bits per heavy atom. The summed E-state index contributed by atoms with van der Waals surface area (Å²) in [6, 6.07) is 9.85. The SMILES string of the molecule is CCC(=O)N(c1ccccc1)C1(COC)CCN(CCn2nnn(CC)c2=O)CC1.[Cl-]. The Morgan fingerprint density at radius 1 is 1.10 bits per heavy atom. The maximum absolute atomic E-state index is 13.0. The number of likely N-dealkylation sites (tertiary alicyclic amines) is 1. The van der Waals surface area contributed by atoms with E-state index in [4.69, 9.17) is 4.74 Å². The molecule has 1 saturated heterocycles. The quantitative estimate of drug-likeness (QED) is 0.456. The number of aryl methyl sites for hydroxylation is 1. The predicted octanol–water partition coefficient (Wildman–Crippen LogP) is -1.61. The number of amides is 1. The van der Waals surface area contributed by atoms with Gasteiger partial charge in [0.25, 0.3) is 0 Å². The van der Waals surface area contributed by atoms with E-state index in [1.165, 1.54) is 9.36 Å². The van der Waals surface area contributed by atoms with E-state index in [0.717, 1.165) is 38.2 Å². The van der Waals surface area contributed by atoms with Gasteiger partial charge in [0, 0.05) is 45.4 Å². The molecule has 1 aromatic carbocycles. The Kier molecular flexibility index (Phi) is 9.21. The molecule has 172 valence electrons. The van der Waals surface area contributed by atoms with E-state index in [1.807, 2.05) is 49.1 Å². The van der Waals surface area contributed by atoms with Crippen molar-refractivity contribution >= 4 is 11.6 Å². The van der Waals surface area contributed by atoms with Gasteiger partial charge in [0.1, 0.15) is 0 Å². The number of benzene rings is 1. The molecule has 3 rings (SSSR count). The first-order valence-electron chi connectivity index (χ1n) is 10.6. The Bertz CT molecular complexity index is 877. The molecule has 1 aliphatic rings. The minimum Gasteiger partial charge on any atom is -1.00 e. The number of rotatable bonds is 9. The van der Waals surface area contributed by atoms with Crippen LogP contribution in [0, 0.1) is 0 Å². The van der Waals surface area contributed by atoms with Crippen LogP contribution in [0.1, 0.15) is 33.1 Å². The number of tetrazole rings is 1. The molecule has 0 unspecified atom stereocenters. The Balaban J connectivity index is 0.00000341. The zero-order chi connectivity index (χ0) is 21.6. The van der Waals surface area contributed by atoms with Crippen LogP contribution < -0.4 is 23.0 Å². The van der Waals surface area contributed by atoms with E-state index in [1.54, 1.807) is 7.11 Å². The summed E-state index contributed by atoms with van der Waals surface area (Å²) in [6.07, 6.45) is 2.05. The lowest BCUT2D eigenvalue weighted by Gasteiger charge is -2.48. The molecule has 0 aliphatic carbocycles. The van der Waals surface area contributed by atoms with Gasteiger partial charge in [-0.1, -0.05) is 25.1 Å². The molecule has 10 heteroatoms. The lowest BCUT2D eigenvalue weighted by molar-refractivity contribution is -0.120. The first-order chi connectivity index (χ1) is 14.5. The zero-order valence-corrected chi connectivity index (χ0v) is 19.3. The van der Waals surface area contributed by atoms with Crippen LogP contribution in [0.15, 0.2) is 35.1 Å². The van der Waals surface area contributed by atoms with E-state index in [9.17, 15) is 9.59 Å². The monoisotopic (exact) mass is 451 g/mol. The molecular formula is C21H32ClN6O3-. The van der Waals surface area contributed by atoms with E-state index in [2.05, 4.69) is 15.3 Å². The second-order valence-corrected chi connectivity index (χ2v) is 7.72. The molecular weight excluding hydrogens is 420 g/mol. The molecule has 2 heterocycles. The van der Waals surface area contributed by atoms with Gasteiger partial charge in [-0.15, -0.1) is 0 Å². The van der Waals surface area contributed by atoms with E-state index < -0.39 is 0 Å². The zero-order valence-electron chi connectivity index (χ0n) is 18.5. The van der Waals surface area contributed by atoms with Crippen LogP contribution in [0.3, 0.4) is 0 Å². The molecule has 0 bridgehead atoms. The van der Waals surface area contributed by atoms with Gasteiger partial charge in [0.15, 0.2) is 0 Å². The lowest BCUT2D eigenvalue weighted by atomic mass is 9.85. The number of carbonyl (C=O) groups excluding carboxylic acids is 1. The van der Waals surface area contributed by atoms with Gasteiger partial charge >= 0.3 is 5.69 Å². The van der Waals surface area contributed by atoms with Crippen molar-refractivity contribution in [3.05, 3.63) is 40.8 Å². The van der Waals surface area contributed by atoms with Gasteiger partial charge in [-0.2, -0.15) is 9.36 Å². The van der Waals surface area contributed by atoms with Crippen molar-refractivity contribution in [2.24, 2.45) is 0 Å². The van der Waals surface area contributed by atoms with Crippen molar-refractivity contribution in [2.75, 3.05) is 38.3 Å². The third kappa shape index (κ3) is 5.53. The molecule has 0 atom stereocenters. The van der Waals surface area contributed by atoms with E-state index in [0.29, 0.717) is 26.1 Å². The fourth-order valence-corrected chi connectivity index (χ4v) is 4.19. The Morgan fingerprint density at radius 3 is 2.29 bits per heavy atom. The number of methoxy groups -OCH3 is 1. The highest BCUT2D eigenvalue weighted by molar-refractivity contribution is 5.94. The summed E-state index contributed by atoms with van der Waals surface area (Å²) in [7, 11) is 1.69. The second-order valence-electron chi connectivity index (χ2n) is 7.72. The van der Waals surface area contributed by atoms with Crippen molar-refractivity contribution < 1.29 is 21.9 Å². The van der Waals surface area contributed by atoms with E-state index in [-0.39, 0.29) is 29.5 Å². The third-order valence-electron chi connectivity index (χ3n) is 5.87. The topological polar surface area (TPSA) is 85.5 Å².